The van der Waals surface area contributed by atoms with Gasteiger partial charge in [-0.05, 0) is 63.0 Å². The molecule has 2 fully saturated rings. The van der Waals surface area contributed by atoms with E-state index < -0.39 is 11.7 Å². The Balaban J connectivity index is 1.24. The van der Waals surface area contributed by atoms with Gasteiger partial charge in [0.05, 0.1) is 5.56 Å². The first-order chi connectivity index (χ1) is 16.0. The molecule has 0 unspecified atom stereocenters. The van der Waals surface area contributed by atoms with Crippen LogP contribution in [-0.4, -0.2) is 62.2 Å². The molecule has 2 heterocycles. The van der Waals surface area contributed by atoms with Crippen molar-refractivity contribution in [2.45, 2.75) is 44.7 Å². The molecule has 0 atom stereocenters. The number of nitrogens with zero attached hydrogens (tertiary/aromatic N) is 3. The molecule has 33 heavy (non-hydrogen) atoms. The van der Waals surface area contributed by atoms with Crippen molar-refractivity contribution in [1.29, 1.82) is 0 Å². The van der Waals surface area contributed by atoms with E-state index in [1.54, 1.807) is 6.07 Å². The van der Waals surface area contributed by atoms with Crippen LogP contribution in [0.3, 0.4) is 0 Å². The number of hydrogen-bond acceptors (Lipinski definition) is 3. The topological polar surface area (TPSA) is 9.72 Å². The van der Waals surface area contributed by atoms with Crippen LogP contribution >= 0.6 is 0 Å². The number of likely N-dealkylation sites (tertiary alicyclic amines) is 1. The summed E-state index contributed by atoms with van der Waals surface area (Å²) >= 11 is 0. The first kappa shape index (κ1) is 23.9. The number of allylic oxidation sites excluding steroid dienone is 3. The molecule has 0 bridgehead atoms. The fourth-order valence-electron chi connectivity index (χ4n) is 4.87. The van der Waals surface area contributed by atoms with Crippen LogP contribution in [0.15, 0.2) is 47.6 Å². The summed E-state index contributed by atoms with van der Waals surface area (Å²) in [6, 6.07) is 5.67. The molecule has 3 aliphatic rings. The highest BCUT2D eigenvalue weighted by atomic mass is 19.4. The summed E-state index contributed by atoms with van der Waals surface area (Å²) in [4.78, 5) is 6.98. The van der Waals surface area contributed by atoms with Gasteiger partial charge in [-0.3, -0.25) is 4.90 Å². The summed E-state index contributed by atoms with van der Waals surface area (Å²) in [6.07, 6.45) is 7.21. The number of piperazine rings is 1. The van der Waals surface area contributed by atoms with Gasteiger partial charge in [0.15, 0.2) is 0 Å². The fraction of sp³-hybridized carbons (Fsp3) is 0.556. The van der Waals surface area contributed by atoms with Crippen LogP contribution in [0.1, 0.15) is 44.1 Å². The van der Waals surface area contributed by atoms with Gasteiger partial charge >= 0.3 is 6.18 Å². The van der Waals surface area contributed by atoms with Crippen LogP contribution in [0.25, 0.3) is 0 Å². The largest absolute Gasteiger partial charge is 0.416 e. The Bertz CT molecular complexity index is 909. The lowest BCUT2D eigenvalue weighted by atomic mass is 9.99. The van der Waals surface area contributed by atoms with Gasteiger partial charge in [-0.2, -0.15) is 13.2 Å². The van der Waals surface area contributed by atoms with Gasteiger partial charge in [0.1, 0.15) is 0 Å². The standard InChI is InChI=1S/C27H34F3N3/c28-27(29,30)25-11-7-12-26(21-25)33-18-16-32(17-19-33)22-24-10-6-9-23(20-24)8-2-5-15-31-13-3-1-4-14-31/h7,9,11-12,20-21H,1,3-6,10,13-19,22H2. The number of rotatable bonds is 5. The average Bonchev–Trinajstić information content (AvgIpc) is 2.83. The molecule has 1 aromatic rings. The van der Waals surface area contributed by atoms with Crippen LogP contribution in [0, 0.1) is 11.8 Å². The van der Waals surface area contributed by atoms with E-state index in [0.717, 1.165) is 70.2 Å². The van der Waals surface area contributed by atoms with E-state index in [0.29, 0.717) is 5.69 Å². The van der Waals surface area contributed by atoms with Crippen LogP contribution < -0.4 is 4.90 Å². The predicted molar refractivity (Wildman–Crippen MR) is 128 cm³/mol. The molecule has 178 valence electrons. The molecule has 1 aliphatic carbocycles. The second kappa shape index (κ2) is 11.3. The van der Waals surface area contributed by atoms with E-state index in [2.05, 4.69) is 38.7 Å². The molecule has 1 aromatic carbocycles. The third kappa shape index (κ3) is 7.12. The smallest absolute Gasteiger partial charge is 0.369 e. The van der Waals surface area contributed by atoms with Gasteiger partial charge in [-0.1, -0.05) is 36.0 Å². The maximum absolute atomic E-state index is 13.0. The summed E-state index contributed by atoms with van der Waals surface area (Å²) in [7, 11) is 0. The van der Waals surface area contributed by atoms with Crippen molar-refractivity contribution >= 4 is 5.69 Å². The monoisotopic (exact) mass is 457 g/mol. The maximum Gasteiger partial charge on any atom is 0.416 e. The van der Waals surface area contributed by atoms with E-state index in [4.69, 9.17) is 0 Å². The number of anilines is 1. The zero-order chi connectivity index (χ0) is 23.1. The Labute approximate surface area is 195 Å². The molecule has 6 heteroatoms. The van der Waals surface area contributed by atoms with Gasteiger partial charge in [-0.15, -0.1) is 0 Å². The predicted octanol–water partition coefficient (Wildman–Crippen LogP) is 5.35. The lowest BCUT2D eigenvalue weighted by Gasteiger charge is -2.37. The third-order valence-corrected chi connectivity index (χ3v) is 6.76. The van der Waals surface area contributed by atoms with Crippen LogP contribution in [-0.2, 0) is 6.18 Å². The molecule has 3 nitrogen and oxygen atoms in total. The molecular weight excluding hydrogens is 423 g/mol. The van der Waals surface area contributed by atoms with E-state index in [9.17, 15) is 13.2 Å². The Morgan fingerprint density at radius 3 is 2.45 bits per heavy atom. The molecule has 0 aromatic heterocycles. The van der Waals surface area contributed by atoms with E-state index in [1.165, 1.54) is 50.1 Å². The van der Waals surface area contributed by atoms with Crippen molar-refractivity contribution in [3.63, 3.8) is 0 Å². The Morgan fingerprint density at radius 1 is 0.909 bits per heavy atom. The van der Waals surface area contributed by atoms with Crippen molar-refractivity contribution in [2.75, 3.05) is 57.3 Å². The summed E-state index contributed by atoms with van der Waals surface area (Å²) in [5.41, 5.74) is 2.63. The lowest BCUT2D eigenvalue weighted by molar-refractivity contribution is -0.137. The number of alkyl halides is 3. The van der Waals surface area contributed by atoms with Crippen molar-refractivity contribution in [3.05, 3.63) is 53.1 Å². The van der Waals surface area contributed by atoms with Gasteiger partial charge < -0.3 is 9.80 Å². The molecule has 0 radical (unpaired) electrons. The highest BCUT2D eigenvalue weighted by molar-refractivity contribution is 5.50. The Hall–Kier alpha value is -2.23. The van der Waals surface area contributed by atoms with Gasteiger partial charge in [-0.25, -0.2) is 0 Å². The van der Waals surface area contributed by atoms with Crippen molar-refractivity contribution in [3.8, 4) is 11.8 Å². The first-order valence-electron chi connectivity index (χ1n) is 12.2. The number of halogens is 3. The third-order valence-electron chi connectivity index (χ3n) is 6.76. The molecule has 0 spiro atoms. The highest BCUT2D eigenvalue weighted by Gasteiger charge is 2.31. The van der Waals surface area contributed by atoms with Crippen LogP contribution in [0.2, 0.25) is 0 Å². The van der Waals surface area contributed by atoms with E-state index in [1.807, 2.05) is 0 Å². The summed E-state index contributed by atoms with van der Waals surface area (Å²) < 4.78 is 39.1. The minimum absolute atomic E-state index is 0.578. The van der Waals surface area contributed by atoms with Gasteiger partial charge in [0.25, 0.3) is 0 Å². The molecule has 4 rings (SSSR count). The average molecular weight is 458 g/mol. The number of piperidine rings is 1. The highest BCUT2D eigenvalue weighted by Crippen LogP contribution is 2.32. The second-order valence-electron chi connectivity index (χ2n) is 9.27. The SMILES string of the molecule is FC(F)(F)c1cccc(N2CCN(CC3=CC(C#CCCN4CCCCC4)=CCC3)CC2)c1. The molecule has 2 aliphatic heterocycles. The summed E-state index contributed by atoms with van der Waals surface area (Å²) in [5, 5.41) is 0. The van der Waals surface area contributed by atoms with Gasteiger partial charge in [0.2, 0.25) is 0 Å². The van der Waals surface area contributed by atoms with E-state index >= 15 is 0 Å². The van der Waals surface area contributed by atoms with Crippen molar-refractivity contribution in [1.82, 2.24) is 9.80 Å². The number of hydrogen-bond donors (Lipinski definition) is 0. The Kier molecular flexibility index (Phi) is 8.16. The quantitative estimate of drug-likeness (QED) is 0.552. The van der Waals surface area contributed by atoms with Crippen molar-refractivity contribution in [2.24, 2.45) is 0 Å². The molecule has 0 saturated carbocycles. The molecule has 0 N–H and O–H groups in total. The first-order valence-corrected chi connectivity index (χ1v) is 12.2. The zero-order valence-corrected chi connectivity index (χ0v) is 19.3. The minimum atomic E-state index is -4.30. The fourth-order valence-corrected chi connectivity index (χ4v) is 4.87. The van der Waals surface area contributed by atoms with Crippen molar-refractivity contribution < 1.29 is 13.2 Å². The summed E-state index contributed by atoms with van der Waals surface area (Å²) in [5.74, 6) is 6.72. The Morgan fingerprint density at radius 2 is 1.70 bits per heavy atom. The molecular formula is C27H34F3N3. The minimum Gasteiger partial charge on any atom is -0.369 e. The molecule has 2 saturated heterocycles. The van der Waals surface area contributed by atoms with Crippen LogP contribution in [0.5, 0.6) is 0 Å². The number of benzene rings is 1. The summed E-state index contributed by atoms with van der Waals surface area (Å²) in [6.45, 7) is 7.63. The van der Waals surface area contributed by atoms with Gasteiger partial charge in [0, 0.05) is 56.9 Å². The second-order valence-corrected chi connectivity index (χ2v) is 9.27. The van der Waals surface area contributed by atoms with E-state index in [-0.39, 0.29) is 0 Å². The zero-order valence-electron chi connectivity index (χ0n) is 19.3. The lowest BCUT2D eigenvalue weighted by Crippen LogP contribution is -2.47. The normalized spacial score (nSPS) is 20.6. The molecule has 0 amide bonds. The van der Waals surface area contributed by atoms with Crippen LogP contribution in [0.4, 0.5) is 18.9 Å². The maximum atomic E-state index is 13.0.